The number of aldehydes is 1. The van der Waals surface area contributed by atoms with Crippen LogP contribution in [0.25, 0.3) is 0 Å². The number of carbonyl (C=O) groups excluding carboxylic acids is 1. The lowest BCUT2D eigenvalue weighted by molar-refractivity contribution is -0.109. The molecule has 0 saturated carbocycles. The zero-order valence-corrected chi connectivity index (χ0v) is 15.8. The molecule has 8 heteroatoms. The fraction of sp³-hybridized carbons (Fsp3) is 0.529. The molecule has 0 bridgehead atoms. The molecular weight excluding hydrogens is 365 g/mol. The molecule has 6 nitrogen and oxygen atoms in total. The monoisotopic (exact) mass is 389 g/mol. The average molecular weight is 390 g/mol. The van der Waals surface area contributed by atoms with Crippen LogP contribution in [-0.4, -0.2) is 53.6 Å². The summed E-state index contributed by atoms with van der Waals surface area (Å²) in [4.78, 5) is 24.7. The van der Waals surface area contributed by atoms with Crippen LogP contribution < -0.4 is 5.43 Å². The Morgan fingerprint density at radius 3 is 2.48 bits per heavy atom. The van der Waals surface area contributed by atoms with Gasteiger partial charge in [-0.15, -0.1) is 12.4 Å². The molecule has 1 aliphatic heterocycles. The summed E-state index contributed by atoms with van der Waals surface area (Å²) >= 11 is 5.91. The van der Waals surface area contributed by atoms with Crippen LogP contribution in [0.3, 0.4) is 0 Å². The Balaban J connectivity index is 0.00000312. The number of piperidine rings is 1. The summed E-state index contributed by atoms with van der Waals surface area (Å²) < 4.78 is 0. The van der Waals surface area contributed by atoms with E-state index in [0.29, 0.717) is 0 Å². The van der Waals surface area contributed by atoms with Crippen LogP contribution in [0.5, 0.6) is 0 Å². The number of rotatable bonds is 7. The van der Waals surface area contributed by atoms with E-state index in [9.17, 15) is 14.7 Å². The first-order valence-corrected chi connectivity index (χ1v) is 8.53. The van der Waals surface area contributed by atoms with E-state index in [1.54, 1.807) is 7.05 Å². The van der Waals surface area contributed by atoms with E-state index in [2.05, 4.69) is 10.3 Å². The van der Waals surface area contributed by atoms with E-state index in [1.807, 2.05) is 24.3 Å². The number of hydrogen-bond donors (Lipinski definition) is 2. The highest BCUT2D eigenvalue weighted by molar-refractivity contribution is 6.30. The van der Waals surface area contributed by atoms with Crippen molar-refractivity contribution in [2.45, 2.75) is 31.8 Å². The maximum Gasteiger partial charge on any atom is 0.422 e. The lowest BCUT2D eigenvalue weighted by Crippen LogP contribution is -2.52. The summed E-state index contributed by atoms with van der Waals surface area (Å²) in [7, 11) is 1.57. The summed E-state index contributed by atoms with van der Waals surface area (Å²) in [6, 6.07) is 7.51. The molecule has 0 aromatic heterocycles. The maximum atomic E-state index is 11.3. The smallest absolute Gasteiger partial charge is 0.422 e. The summed E-state index contributed by atoms with van der Waals surface area (Å²) in [6.45, 7) is 2.64. The van der Waals surface area contributed by atoms with Crippen molar-refractivity contribution in [3.8, 4) is 0 Å². The van der Waals surface area contributed by atoms with Gasteiger partial charge in [-0.2, -0.15) is 0 Å². The third-order valence-electron chi connectivity index (χ3n) is 4.61. The average Bonchev–Trinajstić information content (AvgIpc) is 2.57. The van der Waals surface area contributed by atoms with Crippen LogP contribution in [0, 0.1) is 5.92 Å². The molecule has 2 rings (SSSR count). The Hall–Kier alpha value is -1.34. The topological polar surface area (TPSA) is 72.9 Å². The minimum absolute atomic E-state index is 0. The van der Waals surface area contributed by atoms with Crippen molar-refractivity contribution < 1.29 is 14.7 Å². The Kier molecular flexibility index (Phi) is 9.21. The van der Waals surface area contributed by atoms with Gasteiger partial charge >= 0.3 is 6.09 Å². The highest BCUT2D eigenvalue weighted by Gasteiger charge is 2.32. The first kappa shape index (κ1) is 21.7. The van der Waals surface area contributed by atoms with E-state index in [1.165, 1.54) is 5.56 Å². The van der Waals surface area contributed by atoms with Crippen molar-refractivity contribution in [3.05, 3.63) is 34.9 Å². The van der Waals surface area contributed by atoms with Gasteiger partial charge in [0.15, 0.2) is 0 Å². The number of likely N-dealkylation sites (tertiary alicyclic amines) is 1. The standard InChI is InChI=1S/C17H24ClN3O3.ClH/c1-19-21(17(23)24)16(8-11-22)14-6-9-20(10-7-14)12-13-2-4-15(18)5-3-13;/h2-5,11,14,16,19H,6-10,12H2,1H3,(H,23,24);1H. The van der Waals surface area contributed by atoms with Gasteiger partial charge in [0.25, 0.3) is 0 Å². The zero-order valence-electron chi connectivity index (χ0n) is 14.2. The fourth-order valence-electron chi connectivity index (χ4n) is 3.35. The minimum Gasteiger partial charge on any atom is -0.464 e. The number of amides is 1. The summed E-state index contributed by atoms with van der Waals surface area (Å²) in [5.41, 5.74) is 3.90. The highest BCUT2D eigenvalue weighted by Crippen LogP contribution is 2.26. The second-order valence-corrected chi connectivity index (χ2v) is 6.52. The maximum absolute atomic E-state index is 11.3. The molecule has 1 atom stereocenters. The molecule has 1 aromatic carbocycles. The van der Waals surface area contributed by atoms with E-state index in [4.69, 9.17) is 11.6 Å². The molecule has 0 aliphatic carbocycles. The lowest BCUT2D eigenvalue weighted by Gasteiger charge is -2.39. The molecule has 1 amide bonds. The SMILES string of the molecule is CNN(C(=O)O)C(CC=O)C1CCN(Cc2ccc(Cl)cc2)CC1.Cl. The normalized spacial score (nSPS) is 16.7. The van der Waals surface area contributed by atoms with Crippen molar-refractivity contribution in [1.82, 2.24) is 15.3 Å². The molecule has 1 aromatic rings. The number of carboxylic acid groups (broad SMARTS) is 1. The number of halogens is 2. The highest BCUT2D eigenvalue weighted by atomic mass is 35.5. The largest absolute Gasteiger partial charge is 0.464 e. The minimum atomic E-state index is -1.05. The predicted octanol–water partition coefficient (Wildman–Crippen LogP) is 3.05. The van der Waals surface area contributed by atoms with Crippen molar-refractivity contribution in [2.24, 2.45) is 5.92 Å². The quantitative estimate of drug-likeness (QED) is 0.553. The van der Waals surface area contributed by atoms with Crippen LogP contribution in [0.15, 0.2) is 24.3 Å². The van der Waals surface area contributed by atoms with E-state index in [0.717, 1.165) is 48.8 Å². The van der Waals surface area contributed by atoms with Crippen molar-refractivity contribution >= 4 is 36.4 Å². The van der Waals surface area contributed by atoms with E-state index >= 15 is 0 Å². The predicted molar refractivity (Wildman–Crippen MR) is 100 cm³/mol. The van der Waals surface area contributed by atoms with Crippen LogP contribution >= 0.6 is 24.0 Å². The van der Waals surface area contributed by atoms with Gasteiger partial charge < -0.3 is 9.90 Å². The van der Waals surface area contributed by atoms with E-state index < -0.39 is 6.09 Å². The van der Waals surface area contributed by atoms with Crippen LogP contribution in [-0.2, 0) is 11.3 Å². The molecule has 2 N–H and O–H groups in total. The third kappa shape index (κ3) is 6.15. The second-order valence-electron chi connectivity index (χ2n) is 6.09. The van der Waals surface area contributed by atoms with Gasteiger partial charge in [-0.25, -0.2) is 15.2 Å². The molecule has 1 unspecified atom stereocenters. The number of hydrogen-bond acceptors (Lipinski definition) is 4. The van der Waals surface area contributed by atoms with Gasteiger partial charge in [0.2, 0.25) is 0 Å². The molecule has 1 heterocycles. The third-order valence-corrected chi connectivity index (χ3v) is 4.86. The zero-order chi connectivity index (χ0) is 17.5. The van der Waals surface area contributed by atoms with Crippen molar-refractivity contribution in [3.63, 3.8) is 0 Å². The Bertz CT molecular complexity index is 549. The molecule has 0 radical (unpaired) electrons. The second kappa shape index (κ2) is 10.6. The van der Waals surface area contributed by atoms with Crippen molar-refractivity contribution in [2.75, 3.05) is 20.1 Å². The Labute approximate surface area is 159 Å². The first-order chi connectivity index (χ1) is 11.5. The Morgan fingerprint density at radius 1 is 1.40 bits per heavy atom. The van der Waals surface area contributed by atoms with Gasteiger partial charge in [0.1, 0.15) is 6.29 Å². The summed E-state index contributed by atoms with van der Waals surface area (Å²) in [5.74, 6) is 0.181. The summed E-state index contributed by atoms with van der Waals surface area (Å²) in [6.07, 6.45) is 1.72. The van der Waals surface area contributed by atoms with Gasteiger partial charge in [-0.1, -0.05) is 23.7 Å². The fourth-order valence-corrected chi connectivity index (χ4v) is 3.48. The summed E-state index contributed by atoms with van der Waals surface area (Å²) in [5, 5.41) is 11.2. The van der Waals surface area contributed by atoms with Crippen LogP contribution in [0.2, 0.25) is 5.02 Å². The molecule has 25 heavy (non-hydrogen) atoms. The number of nitrogens with zero attached hydrogens (tertiary/aromatic N) is 2. The van der Waals surface area contributed by atoms with Gasteiger partial charge in [0, 0.05) is 25.0 Å². The van der Waals surface area contributed by atoms with Crippen LogP contribution in [0.4, 0.5) is 4.79 Å². The van der Waals surface area contributed by atoms with Gasteiger partial charge in [-0.05, 0) is 49.5 Å². The van der Waals surface area contributed by atoms with Gasteiger partial charge in [0.05, 0.1) is 6.04 Å². The Morgan fingerprint density at radius 2 is 2.00 bits per heavy atom. The molecular formula is C17H25Cl2N3O3. The van der Waals surface area contributed by atoms with Crippen molar-refractivity contribution in [1.29, 1.82) is 0 Å². The molecule has 1 aliphatic rings. The van der Waals surface area contributed by atoms with Crippen LogP contribution in [0.1, 0.15) is 24.8 Å². The molecule has 0 spiro atoms. The van der Waals surface area contributed by atoms with Gasteiger partial charge in [-0.3, -0.25) is 4.90 Å². The number of carbonyl (C=O) groups is 2. The number of benzene rings is 1. The number of nitrogens with one attached hydrogen (secondary N) is 1. The molecule has 1 fully saturated rings. The number of hydrazine groups is 1. The lowest BCUT2D eigenvalue weighted by atomic mass is 9.87. The first-order valence-electron chi connectivity index (χ1n) is 8.15. The molecule has 140 valence electrons. The van der Waals surface area contributed by atoms with E-state index in [-0.39, 0.29) is 30.8 Å². The molecule has 1 saturated heterocycles.